The molecule has 3 nitrogen and oxygen atoms in total. The summed E-state index contributed by atoms with van der Waals surface area (Å²) in [5.74, 6) is 0.699. The minimum atomic E-state index is -0.206. The van der Waals surface area contributed by atoms with Crippen LogP contribution in [0.15, 0.2) is 35.1 Å². The summed E-state index contributed by atoms with van der Waals surface area (Å²) in [6, 6.07) is 5.13. The molecular formula is C15H19BrFN3. The first-order valence-corrected chi connectivity index (χ1v) is 7.33. The van der Waals surface area contributed by atoms with Gasteiger partial charge in [0.25, 0.3) is 0 Å². The number of benzene rings is 1. The Balaban J connectivity index is 2.12. The Morgan fingerprint density at radius 1 is 1.35 bits per heavy atom. The van der Waals surface area contributed by atoms with Crippen molar-refractivity contribution in [3.05, 3.63) is 52.3 Å². The Bertz CT molecular complexity index is 587. The third kappa shape index (κ3) is 4.15. The molecule has 0 atom stereocenters. The molecule has 0 aliphatic heterocycles. The fraction of sp³-hybridized carbons (Fsp3) is 0.400. The van der Waals surface area contributed by atoms with Crippen LogP contribution in [-0.4, -0.2) is 15.1 Å². The first kappa shape index (κ1) is 15.2. The first-order chi connectivity index (χ1) is 9.35. The summed E-state index contributed by atoms with van der Waals surface area (Å²) < 4.78 is 16.6. The van der Waals surface area contributed by atoms with Crippen LogP contribution >= 0.6 is 15.9 Å². The highest BCUT2D eigenvalue weighted by atomic mass is 79.9. The van der Waals surface area contributed by atoms with E-state index in [0.29, 0.717) is 18.7 Å². The lowest BCUT2D eigenvalue weighted by Gasteiger charge is -2.20. The van der Waals surface area contributed by atoms with Crippen molar-refractivity contribution in [1.82, 2.24) is 14.9 Å². The van der Waals surface area contributed by atoms with E-state index in [-0.39, 0.29) is 11.4 Å². The van der Waals surface area contributed by atoms with Gasteiger partial charge in [0.15, 0.2) is 0 Å². The molecule has 0 spiro atoms. The van der Waals surface area contributed by atoms with Gasteiger partial charge < -0.3 is 9.88 Å². The van der Waals surface area contributed by atoms with E-state index < -0.39 is 0 Å². The van der Waals surface area contributed by atoms with Crippen molar-refractivity contribution in [1.29, 1.82) is 0 Å². The fourth-order valence-corrected chi connectivity index (χ4v) is 2.16. The van der Waals surface area contributed by atoms with Crippen molar-refractivity contribution in [3.8, 4) is 0 Å². The molecule has 0 unspecified atom stereocenters. The molecule has 1 aromatic heterocycles. The van der Waals surface area contributed by atoms with Gasteiger partial charge in [-0.15, -0.1) is 0 Å². The van der Waals surface area contributed by atoms with Crippen molar-refractivity contribution in [2.75, 3.05) is 0 Å². The van der Waals surface area contributed by atoms with E-state index >= 15 is 0 Å². The van der Waals surface area contributed by atoms with Crippen LogP contribution < -0.4 is 5.32 Å². The van der Waals surface area contributed by atoms with E-state index in [1.165, 1.54) is 6.07 Å². The van der Waals surface area contributed by atoms with Crippen LogP contribution in [-0.2, 0) is 13.1 Å². The minimum Gasteiger partial charge on any atom is -0.329 e. The predicted octanol–water partition coefficient (Wildman–Crippen LogP) is 3.72. The zero-order valence-corrected chi connectivity index (χ0v) is 13.5. The maximum Gasteiger partial charge on any atom is 0.129 e. The summed E-state index contributed by atoms with van der Waals surface area (Å²) in [5, 5.41) is 3.39. The van der Waals surface area contributed by atoms with Crippen LogP contribution in [0.1, 0.15) is 32.2 Å². The lowest BCUT2D eigenvalue weighted by Crippen LogP contribution is -2.36. The van der Waals surface area contributed by atoms with E-state index in [2.05, 4.69) is 47.0 Å². The van der Waals surface area contributed by atoms with Crippen LogP contribution in [0.25, 0.3) is 0 Å². The molecule has 0 aliphatic carbocycles. The highest BCUT2D eigenvalue weighted by molar-refractivity contribution is 9.10. The molecule has 1 N–H and O–H groups in total. The number of aromatic nitrogens is 2. The van der Waals surface area contributed by atoms with Crippen LogP contribution in [0.3, 0.4) is 0 Å². The SMILES string of the molecule is CC(C)(C)NCc1nccn1Cc1ccc(Br)cc1F. The second kappa shape index (κ2) is 6.06. The van der Waals surface area contributed by atoms with Gasteiger partial charge in [-0.3, -0.25) is 0 Å². The number of nitrogens with zero attached hydrogens (tertiary/aromatic N) is 2. The molecule has 0 fully saturated rings. The van der Waals surface area contributed by atoms with E-state index in [1.54, 1.807) is 12.3 Å². The number of nitrogens with one attached hydrogen (secondary N) is 1. The summed E-state index contributed by atoms with van der Waals surface area (Å²) in [6.45, 7) is 7.47. The molecule has 2 rings (SSSR count). The number of imidazole rings is 1. The van der Waals surface area contributed by atoms with Crippen molar-refractivity contribution in [3.63, 3.8) is 0 Å². The Labute approximate surface area is 127 Å². The molecule has 0 bridgehead atoms. The monoisotopic (exact) mass is 339 g/mol. The maximum absolute atomic E-state index is 13.9. The van der Waals surface area contributed by atoms with E-state index in [0.717, 1.165) is 10.3 Å². The summed E-state index contributed by atoms with van der Waals surface area (Å²) in [7, 11) is 0. The lowest BCUT2D eigenvalue weighted by atomic mass is 10.1. The molecule has 108 valence electrons. The van der Waals surface area contributed by atoms with Gasteiger partial charge in [0.1, 0.15) is 11.6 Å². The molecule has 20 heavy (non-hydrogen) atoms. The van der Waals surface area contributed by atoms with Crippen LogP contribution in [0, 0.1) is 5.82 Å². The van der Waals surface area contributed by atoms with Crippen molar-refractivity contribution < 1.29 is 4.39 Å². The molecule has 0 saturated heterocycles. The van der Waals surface area contributed by atoms with Gasteiger partial charge in [0, 0.05) is 28.0 Å². The maximum atomic E-state index is 13.9. The molecule has 0 radical (unpaired) electrons. The van der Waals surface area contributed by atoms with Crippen molar-refractivity contribution in [2.24, 2.45) is 0 Å². The van der Waals surface area contributed by atoms with Gasteiger partial charge in [-0.25, -0.2) is 9.37 Å². The first-order valence-electron chi connectivity index (χ1n) is 6.54. The third-order valence-electron chi connectivity index (χ3n) is 2.93. The number of halogens is 2. The summed E-state index contributed by atoms with van der Waals surface area (Å²) in [4.78, 5) is 4.33. The molecule has 2 aromatic rings. The molecule has 1 aromatic carbocycles. The molecular weight excluding hydrogens is 321 g/mol. The van der Waals surface area contributed by atoms with Gasteiger partial charge in [-0.2, -0.15) is 0 Å². The minimum absolute atomic E-state index is 0.0274. The van der Waals surface area contributed by atoms with Crippen LogP contribution in [0.4, 0.5) is 4.39 Å². The van der Waals surface area contributed by atoms with Gasteiger partial charge in [-0.05, 0) is 32.9 Å². The van der Waals surface area contributed by atoms with E-state index in [1.807, 2.05) is 16.8 Å². The van der Waals surface area contributed by atoms with Gasteiger partial charge in [-0.1, -0.05) is 22.0 Å². The predicted molar refractivity (Wildman–Crippen MR) is 82.0 cm³/mol. The van der Waals surface area contributed by atoms with E-state index in [4.69, 9.17) is 0 Å². The largest absolute Gasteiger partial charge is 0.329 e. The Kier molecular flexibility index (Phi) is 4.60. The standard InChI is InChI=1S/C15H19BrFN3/c1-15(2,3)19-9-14-18-6-7-20(14)10-11-4-5-12(16)8-13(11)17/h4-8,19H,9-10H2,1-3H3. The molecule has 5 heteroatoms. The number of hydrogen-bond acceptors (Lipinski definition) is 2. The normalized spacial score (nSPS) is 11.8. The zero-order valence-electron chi connectivity index (χ0n) is 12.0. The lowest BCUT2D eigenvalue weighted by molar-refractivity contribution is 0.412. The Morgan fingerprint density at radius 3 is 2.75 bits per heavy atom. The number of rotatable bonds is 4. The Hall–Kier alpha value is -1.20. The van der Waals surface area contributed by atoms with Crippen LogP contribution in [0.5, 0.6) is 0 Å². The molecule has 0 aliphatic rings. The summed E-state index contributed by atoms with van der Waals surface area (Å²) >= 11 is 3.27. The van der Waals surface area contributed by atoms with Gasteiger partial charge >= 0.3 is 0 Å². The van der Waals surface area contributed by atoms with Crippen molar-refractivity contribution in [2.45, 2.75) is 39.4 Å². The molecule has 1 heterocycles. The average Bonchev–Trinajstić information content (AvgIpc) is 2.77. The topological polar surface area (TPSA) is 29.9 Å². The second-order valence-electron chi connectivity index (χ2n) is 5.81. The van der Waals surface area contributed by atoms with Gasteiger partial charge in [0.2, 0.25) is 0 Å². The quantitative estimate of drug-likeness (QED) is 0.919. The average molecular weight is 340 g/mol. The zero-order chi connectivity index (χ0) is 14.8. The van der Waals surface area contributed by atoms with Gasteiger partial charge in [0.05, 0.1) is 13.1 Å². The Morgan fingerprint density at radius 2 is 2.10 bits per heavy atom. The molecule has 0 saturated carbocycles. The molecule has 0 amide bonds. The highest BCUT2D eigenvalue weighted by Gasteiger charge is 2.12. The van der Waals surface area contributed by atoms with Crippen LogP contribution in [0.2, 0.25) is 0 Å². The summed E-state index contributed by atoms with van der Waals surface area (Å²) in [5.41, 5.74) is 0.683. The third-order valence-corrected chi connectivity index (χ3v) is 3.43. The van der Waals surface area contributed by atoms with E-state index in [9.17, 15) is 4.39 Å². The second-order valence-corrected chi connectivity index (χ2v) is 6.73. The van der Waals surface area contributed by atoms with Crippen molar-refractivity contribution >= 4 is 15.9 Å². The smallest absolute Gasteiger partial charge is 0.129 e. The highest BCUT2D eigenvalue weighted by Crippen LogP contribution is 2.17. The fourth-order valence-electron chi connectivity index (χ4n) is 1.83. The number of hydrogen-bond donors (Lipinski definition) is 1. The summed E-state index contributed by atoms with van der Waals surface area (Å²) in [6.07, 6.45) is 3.62.